The summed E-state index contributed by atoms with van der Waals surface area (Å²) in [5, 5.41) is 4.76. The first-order chi connectivity index (χ1) is 17.5. The average Bonchev–Trinajstić information content (AvgIpc) is 3.39. The lowest BCUT2D eigenvalue weighted by atomic mass is 9.98. The van der Waals surface area contributed by atoms with Crippen LogP contribution in [0.25, 0.3) is 11.3 Å². The van der Waals surface area contributed by atoms with E-state index in [9.17, 15) is 14.4 Å². The molecule has 1 aromatic heterocycles. The van der Waals surface area contributed by atoms with Gasteiger partial charge < -0.3 is 14.2 Å². The van der Waals surface area contributed by atoms with Crippen LogP contribution in [0.5, 0.6) is 11.5 Å². The van der Waals surface area contributed by atoms with E-state index in [0.717, 1.165) is 5.56 Å². The molecular weight excluding hydrogens is 480 g/mol. The van der Waals surface area contributed by atoms with Gasteiger partial charge in [0, 0.05) is 22.1 Å². The van der Waals surface area contributed by atoms with Gasteiger partial charge in [-0.2, -0.15) is 0 Å². The van der Waals surface area contributed by atoms with Gasteiger partial charge in [0.1, 0.15) is 0 Å². The van der Waals surface area contributed by atoms with Crippen LogP contribution in [-0.4, -0.2) is 43.5 Å². The summed E-state index contributed by atoms with van der Waals surface area (Å²) >= 11 is 1.23. The number of nitrogens with one attached hydrogen (secondary N) is 1. The predicted octanol–water partition coefficient (Wildman–Crippen LogP) is 4.85. The van der Waals surface area contributed by atoms with Crippen molar-refractivity contribution in [3.05, 3.63) is 94.9 Å². The fourth-order valence-corrected chi connectivity index (χ4v) is 4.16. The van der Waals surface area contributed by atoms with Gasteiger partial charge in [0.25, 0.3) is 5.91 Å². The molecule has 9 heteroatoms. The molecule has 0 radical (unpaired) electrons. The van der Waals surface area contributed by atoms with Gasteiger partial charge >= 0.3 is 5.97 Å². The second-order valence-corrected chi connectivity index (χ2v) is 8.33. The number of rotatable bonds is 9. The van der Waals surface area contributed by atoms with Crippen molar-refractivity contribution in [3.63, 3.8) is 0 Å². The normalized spacial score (nSPS) is 10.4. The fraction of sp³-hybridized carbons (Fsp3) is 0.111. The zero-order chi connectivity index (χ0) is 25.5. The minimum atomic E-state index is -0.768. The van der Waals surface area contributed by atoms with Crippen LogP contribution >= 0.6 is 11.3 Å². The van der Waals surface area contributed by atoms with Crippen molar-refractivity contribution >= 4 is 34.1 Å². The molecule has 1 amide bonds. The van der Waals surface area contributed by atoms with Crippen molar-refractivity contribution in [1.29, 1.82) is 0 Å². The van der Waals surface area contributed by atoms with Crippen LogP contribution in [0.15, 0.2) is 78.2 Å². The number of nitrogens with zero attached hydrogens (tertiary/aromatic N) is 1. The number of ketones is 1. The van der Waals surface area contributed by atoms with Crippen molar-refractivity contribution in [2.75, 3.05) is 26.1 Å². The third-order valence-corrected chi connectivity index (χ3v) is 5.95. The Labute approximate surface area is 211 Å². The number of thiazole rings is 1. The third kappa shape index (κ3) is 5.59. The Hall–Kier alpha value is -4.50. The van der Waals surface area contributed by atoms with Gasteiger partial charge in [0.15, 0.2) is 29.0 Å². The number of esters is 1. The number of amides is 1. The van der Waals surface area contributed by atoms with E-state index < -0.39 is 18.5 Å². The Balaban J connectivity index is 1.39. The van der Waals surface area contributed by atoms with Crippen LogP contribution in [0.2, 0.25) is 0 Å². The number of benzene rings is 3. The number of hydrogen-bond donors (Lipinski definition) is 1. The van der Waals surface area contributed by atoms with Crippen LogP contribution in [0.1, 0.15) is 26.3 Å². The van der Waals surface area contributed by atoms with E-state index in [4.69, 9.17) is 14.2 Å². The lowest BCUT2D eigenvalue weighted by Crippen LogP contribution is -2.22. The second kappa shape index (κ2) is 11.3. The van der Waals surface area contributed by atoms with E-state index in [1.54, 1.807) is 80.3 Å². The molecule has 1 N–H and O–H groups in total. The molecule has 0 unspecified atom stereocenters. The SMILES string of the molecule is COc1ccc(-c2csc(NC(=O)COC(=O)c3ccccc3C(=O)c3ccccc3)n2)cc1OC. The number of carbonyl (C=O) groups is 3. The highest BCUT2D eigenvalue weighted by Gasteiger charge is 2.20. The maximum Gasteiger partial charge on any atom is 0.339 e. The smallest absolute Gasteiger partial charge is 0.339 e. The Morgan fingerprint density at radius 1 is 0.861 bits per heavy atom. The van der Waals surface area contributed by atoms with Crippen molar-refractivity contribution in [1.82, 2.24) is 4.98 Å². The molecule has 0 aliphatic rings. The number of aromatic nitrogens is 1. The molecule has 0 saturated heterocycles. The summed E-state index contributed by atoms with van der Waals surface area (Å²) < 4.78 is 15.7. The quantitative estimate of drug-likeness (QED) is 0.258. The minimum Gasteiger partial charge on any atom is -0.493 e. The fourth-order valence-electron chi connectivity index (χ4n) is 3.43. The van der Waals surface area contributed by atoms with Gasteiger partial charge in [0.05, 0.1) is 25.5 Å². The second-order valence-electron chi connectivity index (χ2n) is 7.47. The van der Waals surface area contributed by atoms with Crippen molar-refractivity contribution < 1.29 is 28.6 Å². The summed E-state index contributed by atoms with van der Waals surface area (Å²) in [5.41, 5.74) is 2.17. The summed E-state index contributed by atoms with van der Waals surface area (Å²) in [7, 11) is 3.10. The van der Waals surface area contributed by atoms with Crippen molar-refractivity contribution in [2.24, 2.45) is 0 Å². The van der Waals surface area contributed by atoms with Crippen molar-refractivity contribution in [2.45, 2.75) is 0 Å². The molecule has 0 fully saturated rings. The van der Waals surface area contributed by atoms with Gasteiger partial charge in [-0.3, -0.25) is 14.9 Å². The van der Waals surface area contributed by atoms with Crippen LogP contribution in [0.4, 0.5) is 5.13 Å². The van der Waals surface area contributed by atoms with Gasteiger partial charge in [-0.05, 0) is 24.3 Å². The molecule has 8 nitrogen and oxygen atoms in total. The molecule has 0 saturated carbocycles. The molecule has 0 aliphatic heterocycles. The zero-order valence-corrected chi connectivity index (χ0v) is 20.3. The number of hydrogen-bond acceptors (Lipinski definition) is 8. The molecule has 0 bridgehead atoms. The Kier molecular flexibility index (Phi) is 7.72. The maximum atomic E-state index is 12.8. The van der Waals surface area contributed by atoms with Crippen LogP contribution in [-0.2, 0) is 9.53 Å². The predicted molar refractivity (Wildman–Crippen MR) is 136 cm³/mol. The highest BCUT2D eigenvalue weighted by Crippen LogP contribution is 2.33. The zero-order valence-electron chi connectivity index (χ0n) is 19.5. The summed E-state index contributed by atoms with van der Waals surface area (Å²) in [6, 6.07) is 20.4. The van der Waals surface area contributed by atoms with E-state index >= 15 is 0 Å². The highest BCUT2D eigenvalue weighted by atomic mass is 32.1. The Bertz CT molecular complexity index is 1400. The number of carbonyl (C=O) groups excluding carboxylic acids is 3. The van der Waals surface area contributed by atoms with Crippen LogP contribution in [0.3, 0.4) is 0 Å². The number of anilines is 1. The van der Waals surface area contributed by atoms with E-state index in [2.05, 4.69) is 10.3 Å². The first-order valence-corrected chi connectivity index (χ1v) is 11.7. The standard InChI is InChI=1S/C27H22N2O6S/c1-33-22-13-12-18(14-23(22)34-2)21-16-36-27(28-21)29-24(30)15-35-26(32)20-11-7-6-10-19(20)25(31)17-8-4-3-5-9-17/h3-14,16H,15H2,1-2H3,(H,28,29,30). The first kappa shape index (κ1) is 24.6. The maximum absolute atomic E-state index is 12.8. The topological polar surface area (TPSA) is 104 Å². The molecule has 0 atom stereocenters. The molecule has 36 heavy (non-hydrogen) atoms. The van der Waals surface area contributed by atoms with E-state index in [-0.39, 0.29) is 16.9 Å². The molecule has 4 aromatic rings. The third-order valence-electron chi connectivity index (χ3n) is 5.19. The Morgan fingerprint density at radius 3 is 2.28 bits per heavy atom. The average molecular weight is 503 g/mol. The van der Waals surface area contributed by atoms with Gasteiger partial charge in [-0.25, -0.2) is 9.78 Å². The largest absolute Gasteiger partial charge is 0.493 e. The monoisotopic (exact) mass is 502 g/mol. The Morgan fingerprint density at radius 2 is 1.56 bits per heavy atom. The molecule has 0 spiro atoms. The number of ether oxygens (including phenoxy) is 3. The van der Waals surface area contributed by atoms with E-state index in [1.807, 2.05) is 6.07 Å². The van der Waals surface area contributed by atoms with Crippen LogP contribution in [0, 0.1) is 0 Å². The lowest BCUT2D eigenvalue weighted by molar-refractivity contribution is -0.119. The van der Waals surface area contributed by atoms with E-state index in [0.29, 0.717) is 27.9 Å². The summed E-state index contributed by atoms with van der Waals surface area (Å²) in [6.45, 7) is -0.530. The highest BCUT2D eigenvalue weighted by molar-refractivity contribution is 7.14. The number of methoxy groups -OCH3 is 2. The van der Waals surface area contributed by atoms with Gasteiger partial charge in [-0.15, -0.1) is 11.3 Å². The van der Waals surface area contributed by atoms with Gasteiger partial charge in [0.2, 0.25) is 0 Å². The molecule has 4 rings (SSSR count). The molecular formula is C27H22N2O6S. The summed E-state index contributed by atoms with van der Waals surface area (Å²) in [4.78, 5) is 42.3. The molecule has 3 aromatic carbocycles. The summed E-state index contributed by atoms with van der Waals surface area (Å²) in [6.07, 6.45) is 0. The lowest BCUT2D eigenvalue weighted by Gasteiger charge is -2.09. The first-order valence-electron chi connectivity index (χ1n) is 10.8. The minimum absolute atomic E-state index is 0.0872. The summed E-state index contributed by atoms with van der Waals surface area (Å²) in [5.74, 6) is -0.470. The molecule has 1 heterocycles. The van der Waals surface area contributed by atoms with Crippen molar-refractivity contribution in [3.8, 4) is 22.8 Å². The van der Waals surface area contributed by atoms with E-state index in [1.165, 1.54) is 17.4 Å². The van der Waals surface area contributed by atoms with Gasteiger partial charge in [-0.1, -0.05) is 48.5 Å². The van der Waals surface area contributed by atoms with Crippen LogP contribution < -0.4 is 14.8 Å². The molecule has 182 valence electrons. The molecule has 0 aliphatic carbocycles.